The Morgan fingerprint density at radius 3 is 2.00 bits per heavy atom. The van der Waals surface area contributed by atoms with Crippen LogP contribution in [0.5, 0.6) is 0 Å². The van der Waals surface area contributed by atoms with Gasteiger partial charge in [0, 0.05) is 32.4 Å². The number of unbranched alkanes of at least 4 members (excludes halogenated alkanes) is 6. The summed E-state index contributed by atoms with van der Waals surface area (Å²) in [4.78, 5) is 25.2. The highest BCUT2D eigenvalue weighted by Crippen LogP contribution is 2.10. The molecular weight excluding hydrogens is 262 g/mol. The molecule has 0 heterocycles. The van der Waals surface area contributed by atoms with Gasteiger partial charge in [0.15, 0.2) is 0 Å². The van der Waals surface area contributed by atoms with Crippen molar-refractivity contribution in [2.45, 2.75) is 85.0 Å². The average molecular weight is 297 g/mol. The van der Waals surface area contributed by atoms with E-state index in [1.54, 1.807) is 0 Å². The van der Waals surface area contributed by atoms with E-state index in [1.807, 2.05) is 25.8 Å². The van der Waals surface area contributed by atoms with Gasteiger partial charge in [-0.2, -0.15) is 0 Å². The van der Waals surface area contributed by atoms with Gasteiger partial charge >= 0.3 is 0 Å². The third-order valence-corrected chi connectivity index (χ3v) is 3.98. The Hall–Kier alpha value is -0.860. The predicted molar refractivity (Wildman–Crippen MR) is 89.3 cm³/mol. The monoisotopic (exact) mass is 297 g/mol. The highest BCUT2D eigenvalue weighted by Gasteiger charge is 2.08. The first kappa shape index (κ1) is 20.1. The Bertz CT molecular complexity index is 287. The fourth-order valence-electron chi connectivity index (χ4n) is 2.31. The molecule has 0 N–H and O–H groups in total. The van der Waals surface area contributed by atoms with Gasteiger partial charge in [0.2, 0.25) is 5.91 Å². The number of amides is 1. The first-order chi connectivity index (χ1) is 9.99. The topological polar surface area (TPSA) is 37.4 Å². The van der Waals surface area contributed by atoms with Gasteiger partial charge in [-0.1, -0.05) is 52.9 Å². The highest BCUT2D eigenvalue weighted by molar-refractivity contribution is 5.80. The molecule has 0 aliphatic rings. The summed E-state index contributed by atoms with van der Waals surface area (Å²) in [6, 6.07) is 0. The van der Waals surface area contributed by atoms with E-state index >= 15 is 0 Å². The number of rotatable bonds is 13. The van der Waals surface area contributed by atoms with Crippen LogP contribution in [0.25, 0.3) is 0 Å². The SMILES string of the molecule is CCCCCN(C)C(=O)CCCCCCCC(=O)C(C)C. The summed E-state index contributed by atoms with van der Waals surface area (Å²) < 4.78 is 0. The molecule has 1 amide bonds. The average Bonchev–Trinajstić information content (AvgIpc) is 2.45. The van der Waals surface area contributed by atoms with Crippen LogP contribution in [0.2, 0.25) is 0 Å². The Kier molecular flexibility index (Phi) is 12.3. The number of carbonyl (C=O) groups excluding carboxylic acids is 2. The van der Waals surface area contributed by atoms with Crippen molar-refractivity contribution in [3.05, 3.63) is 0 Å². The Morgan fingerprint density at radius 2 is 1.43 bits per heavy atom. The van der Waals surface area contributed by atoms with Crippen molar-refractivity contribution in [1.82, 2.24) is 4.90 Å². The lowest BCUT2D eigenvalue weighted by molar-refractivity contribution is -0.130. The second-order valence-electron chi connectivity index (χ2n) is 6.41. The molecule has 0 saturated carbocycles. The van der Waals surface area contributed by atoms with Crippen LogP contribution in [0, 0.1) is 5.92 Å². The van der Waals surface area contributed by atoms with Crippen molar-refractivity contribution in [1.29, 1.82) is 0 Å². The second-order valence-corrected chi connectivity index (χ2v) is 6.41. The molecule has 0 aromatic heterocycles. The summed E-state index contributed by atoms with van der Waals surface area (Å²) in [6.45, 7) is 7.00. The summed E-state index contributed by atoms with van der Waals surface area (Å²) in [6.07, 6.45) is 10.2. The lowest BCUT2D eigenvalue weighted by Gasteiger charge is -2.16. The Morgan fingerprint density at radius 1 is 0.857 bits per heavy atom. The molecule has 21 heavy (non-hydrogen) atoms. The number of hydrogen-bond acceptors (Lipinski definition) is 2. The van der Waals surface area contributed by atoms with Gasteiger partial charge < -0.3 is 4.90 Å². The molecule has 0 aromatic rings. The van der Waals surface area contributed by atoms with Crippen molar-refractivity contribution >= 4 is 11.7 Å². The maximum Gasteiger partial charge on any atom is 0.222 e. The van der Waals surface area contributed by atoms with Gasteiger partial charge in [0.05, 0.1) is 0 Å². The predicted octanol–water partition coefficient (Wildman–Crippen LogP) is 4.59. The van der Waals surface area contributed by atoms with Gasteiger partial charge in [-0.25, -0.2) is 0 Å². The maximum atomic E-state index is 11.9. The van der Waals surface area contributed by atoms with E-state index in [2.05, 4.69) is 6.92 Å². The first-order valence-electron chi connectivity index (χ1n) is 8.75. The fraction of sp³-hybridized carbons (Fsp3) is 0.889. The fourth-order valence-corrected chi connectivity index (χ4v) is 2.31. The number of ketones is 1. The summed E-state index contributed by atoms with van der Waals surface area (Å²) in [7, 11) is 1.91. The molecule has 0 fully saturated rings. The van der Waals surface area contributed by atoms with Crippen LogP contribution in [0.1, 0.15) is 85.0 Å². The van der Waals surface area contributed by atoms with Crippen LogP contribution in [0.4, 0.5) is 0 Å². The lowest BCUT2D eigenvalue weighted by atomic mass is 10.0. The summed E-state index contributed by atoms with van der Waals surface area (Å²) in [5, 5.41) is 0. The standard InChI is InChI=1S/C18H35NO2/c1-5-6-12-15-19(4)18(21)14-11-9-7-8-10-13-17(20)16(2)3/h16H,5-15H2,1-4H3. The molecule has 0 atom stereocenters. The molecular formula is C18H35NO2. The molecule has 0 bridgehead atoms. The molecule has 3 heteroatoms. The van der Waals surface area contributed by atoms with Crippen molar-refractivity contribution < 1.29 is 9.59 Å². The Labute approximate surface area is 131 Å². The third kappa shape index (κ3) is 11.5. The summed E-state index contributed by atoms with van der Waals surface area (Å²) in [5.74, 6) is 0.825. The van der Waals surface area contributed by atoms with E-state index in [0.717, 1.165) is 51.5 Å². The van der Waals surface area contributed by atoms with Gasteiger partial charge in [-0.15, -0.1) is 0 Å². The highest BCUT2D eigenvalue weighted by atomic mass is 16.2. The quantitative estimate of drug-likeness (QED) is 0.466. The molecule has 0 aromatic carbocycles. The van der Waals surface area contributed by atoms with Crippen molar-refractivity contribution in [2.75, 3.05) is 13.6 Å². The maximum absolute atomic E-state index is 11.9. The van der Waals surface area contributed by atoms with Crippen LogP contribution in [0.15, 0.2) is 0 Å². The zero-order valence-corrected chi connectivity index (χ0v) is 14.6. The van der Waals surface area contributed by atoms with E-state index in [0.29, 0.717) is 12.2 Å². The molecule has 124 valence electrons. The van der Waals surface area contributed by atoms with E-state index in [9.17, 15) is 9.59 Å². The van der Waals surface area contributed by atoms with E-state index < -0.39 is 0 Å². The van der Waals surface area contributed by atoms with Crippen LogP contribution < -0.4 is 0 Å². The lowest BCUT2D eigenvalue weighted by Crippen LogP contribution is -2.27. The van der Waals surface area contributed by atoms with Gasteiger partial charge in [-0.05, 0) is 19.3 Å². The van der Waals surface area contributed by atoms with Crippen molar-refractivity contribution in [2.24, 2.45) is 5.92 Å². The van der Waals surface area contributed by atoms with Crippen molar-refractivity contribution in [3.63, 3.8) is 0 Å². The van der Waals surface area contributed by atoms with E-state index in [4.69, 9.17) is 0 Å². The van der Waals surface area contributed by atoms with Crippen molar-refractivity contribution in [3.8, 4) is 0 Å². The smallest absolute Gasteiger partial charge is 0.222 e. The van der Waals surface area contributed by atoms with Gasteiger partial charge in [0.1, 0.15) is 5.78 Å². The molecule has 0 rings (SSSR count). The van der Waals surface area contributed by atoms with Crippen LogP contribution in [0.3, 0.4) is 0 Å². The van der Waals surface area contributed by atoms with Crippen LogP contribution >= 0.6 is 0 Å². The second kappa shape index (κ2) is 12.8. The molecule has 0 unspecified atom stereocenters. The largest absolute Gasteiger partial charge is 0.346 e. The molecule has 0 saturated heterocycles. The van der Waals surface area contributed by atoms with Gasteiger partial charge in [0.25, 0.3) is 0 Å². The molecule has 0 aliphatic carbocycles. The third-order valence-electron chi connectivity index (χ3n) is 3.98. The normalized spacial score (nSPS) is 10.9. The molecule has 0 radical (unpaired) electrons. The molecule has 3 nitrogen and oxygen atoms in total. The number of nitrogens with zero attached hydrogens (tertiary/aromatic N) is 1. The van der Waals surface area contributed by atoms with Crippen LogP contribution in [-0.2, 0) is 9.59 Å². The molecule has 0 aliphatic heterocycles. The zero-order valence-electron chi connectivity index (χ0n) is 14.6. The number of hydrogen-bond donors (Lipinski definition) is 0. The summed E-state index contributed by atoms with van der Waals surface area (Å²) >= 11 is 0. The van der Waals surface area contributed by atoms with E-state index in [1.165, 1.54) is 12.8 Å². The Balaban J connectivity index is 3.45. The minimum atomic E-state index is 0.172. The number of Topliss-reactive ketones (excluding diaryl/α,β-unsaturated/α-hetero) is 1. The molecule has 0 spiro atoms. The first-order valence-corrected chi connectivity index (χ1v) is 8.75. The van der Waals surface area contributed by atoms with E-state index in [-0.39, 0.29) is 11.8 Å². The minimum Gasteiger partial charge on any atom is -0.346 e. The zero-order chi connectivity index (χ0) is 16.1. The minimum absolute atomic E-state index is 0.172. The van der Waals surface area contributed by atoms with Crippen LogP contribution in [-0.4, -0.2) is 30.2 Å². The number of carbonyl (C=O) groups is 2. The van der Waals surface area contributed by atoms with Gasteiger partial charge in [-0.3, -0.25) is 9.59 Å². The summed E-state index contributed by atoms with van der Waals surface area (Å²) in [5.41, 5.74) is 0.